The predicted molar refractivity (Wildman–Crippen MR) is 71.2 cm³/mol. The van der Waals surface area contributed by atoms with Crippen LogP contribution in [0.2, 0.25) is 0 Å². The Hall–Kier alpha value is -1.36. The molecular formula is C12H15BrN2O2. The van der Waals surface area contributed by atoms with Gasteiger partial charge in [-0.25, -0.2) is 5.43 Å². The van der Waals surface area contributed by atoms with E-state index in [1.165, 1.54) is 0 Å². The van der Waals surface area contributed by atoms with Crippen molar-refractivity contribution in [2.45, 2.75) is 26.9 Å². The lowest BCUT2D eigenvalue weighted by molar-refractivity contribution is -0.127. The second-order valence-corrected chi connectivity index (χ2v) is 4.66. The molecule has 0 aliphatic heterocycles. The average molecular weight is 299 g/mol. The fourth-order valence-electron chi connectivity index (χ4n) is 1.03. The number of halogens is 1. The van der Waals surface area contributed by atoms with Gasteiger partial charge < -0.3 is 4.74 Å². The quantitative estimate of drug-likeness (QED) is 0.686. The van der Waals surface area contributed by atoms with Gasteiger partial charge in [0, 0.05) is 10.2 Å². The number of hydrogen-bond donors (Lipinski definition) is 1. The lowest BCUT2D eigenvalue weighted by Gasteiger charge is -2.12. The summed E-state index contributed by atoms with van der Waals surface area (Å²) in [7, 11) is 0. The van der Waals surface area contributed by atoms with Crippen LogP contribution in [0.5, 0.6) is 5.75 Å². The standard InChI is InChI=1S/C12H15BrN2O2/c1-8(2)14-15-12(16)9(3)17-11-6-4-10(13)5-7-11/h4-7,9H,1-3H3,(H,15,16). The first-order valence-corrected chi connectivity index (χ1v) is 6.01. The monoisotopic (exact) mass is 298 g/mol. The molecule has 17 heavy (non-hydrogen) atoms. The minimum Gasteiger partial charge on any atom is -0.481 e. The zero-order chi connectivity index (χ0) is 12.8. The first-order valence-electron chi connectivity index (χ1n) is 5.22. The van der Waals surface area contributed by atoms with E-state index in [1.54, 1.807) is 32.9 Å². The second-order valence-electron chi connectivity index (χ2n) is 3.75. The van der Waals surface area contributed by atoms with Crippen LogP contribution < -0.4 is 10.2 Å². The van der Waals surface area contributed by atoms with Crippen LogP contribution in [0.4, 0.5) is 0 Å². The summed E-state index contributed by atoms with van der Waals surface area (Å²) in [6.45, 7) is 5.29. The molecule has 0 aromatic heterocycles. The molecule has 1 unspecified atom stereocenters. The summed E-state index contributed by atoms with van der Waals surface area (Å²) >= 11 is 3.33. The van der Waals surface area contributed by atoms with E-state index in [2.05, 4.69) is 26.5 Å². The molecule has 1 aromatic rings. The molecule has 5 heteroatoms. The van der Waals surface area contributed by atoms with Gasteiger partial charge in [0.05, 0.1) is 0 Å². The highest BCUT2D eigenvalue weighted by atomic mass is 79.9. The Labute approximate surface area is 109 Å². The van der Waals surface area contributed by atoms with Crippen molar-refractivity contribution in [3.05, 3.63) is 28.7 Å². The van der Waals surface area contributed by atoms with E-state index < -0.39 is 6.10 Å². The zero-order valence-electron chi connectivity index (χ0n) is 10.0. The van der Waals surface area contributed by atoms with E-state index in [-0.39, 0.29) is 5.91 Å². The smallest absolute Gasteiger partial charge is 0.280 e. The van der Waals surface area contributed by atoms with Crippen LogP contribution in [0.25, 0.3) is 0 Å². The first kappa shape index (κ1) is 13.7. The molecule has 0 spiro atoms. The Morgan fingerprint density at radius 1 is 1.35 bits per heavy atom. The van der Waals surface area contributed by atoms with Crippen molar-refractivity contribution in [3.8, 4) is 5.75 Å². The first-order chi connectivity index (χ1) is 7.99. The largest absolute Gasteiger partial charge is 0.481 e. The molecule has 1 N–H and O–H groups in total. The molecule has 1 rings (SSSR count). The third-order valence-electron chi connectivity index (χ3n) is 1.89. The molecule has 0 saturated heterocycles. The van der Waals surface area contributed by atoms with Gasteiger partial charge in [0.1, 0.15) is 5.75 Å². The van der Waals surface area contributed by atoms with Crippen LogP contribution >= 0.6 is 15.9 Å². The maximum absolute atomic E-state index is 11.6. The minimum absolute atomic E-state index is 0.269. The van der Waals surface area contributed by atoms with Crippen molar-refractivity contribution in [2.24, 2.45) is 5.10 Å². The molecule has 0 radical (unpaired) electrons. The van der Waals surface area contributed by atoms with Crippen molar-refractivity contribution in [1.82, 2.24) is 5.43 Å². The van der Waals surface area contributed by atoms with Gasteiger partial charge in [-0.1, -0.05) is 15.9 Å². The fraction of sp³-hybridized carbons (Fsp3) is 0.333. The number of rotatable bonds is 4. The molecule has 1 aromatic carbocycles. The van der Waals surface area contributed by atoms with Crippen molar-refractivity contribution in [1.29, 1.82) is 0 Å². The van der Waals surface area contributed by atoms with Gasteiger partial charge in [-0.15, -0.1) is 0 Å². The summed E-state index contributed by atoms with van der Waals surface area (Å²) < 4.78 is 6.43. The Bertz CT molecular complexity index is 411. The van der Waals surface area contributed by atoms with Crippen LogP contribution in [0.1, 0.15) is 20.8 Å². The normalized spacial score (nSPS) is 11.5. The summed E-state index contributed by atoms with van der Waals surface area (Å²) in [4.78, 5) is 11.6. The van der Waals surface area contributed by atoms with E-state index in [0.717, 1.165) is 10.2 Å². The highest BCUT2D eigenvalue weighted by molar-refractivity contribution is 9.10. The summed E-state index contributed by atoms with van der Waals surface area (Å²) in [5.41, 5.74) is 3.21. The van der Waals surface area contributed by atoms with Crippen LogP contribution in [0, 0.1) is 0 Å². The SMILES string of the molecule is CC(C)=NNC(=O)C(C)Oc1ccc(Br)cc1. The predicted octanol–water partition coefficient (Wildman–Crippen LogP) is 2.73. The van der Waals surface area contributed by atoms with Gasteiger partial charge >= 0.3 is 0 Å². The maximum atomic E-state index is 11.6. The van der Waals surface area contributed by atoms with Crippen molar-refractivity contribution >= 4 is 27.5 Å². The maximum Gasteiger partial charge on any atom is 0.280 e. The Kier molecular flexibility index (Phi) is 5.15. The van der Waals surface area contributed by atoms with E-state index in [4.69, 9.17) is 4.74 Å². The van der Waals surface area contributed by atoms with Crippen molar-refractivity contribution in [2.75, 3.05) is 0 Å². The molecule has 4 nitrogen and oxygen atoms in total. The third kappa shape index (κ3) is 4.99. The number of carbonyl (C=O) groups is 1. The number of hydrogen-bond acceptors (Lipinski definition) is 3. The molecule has 0 saturated carbocycles. The molecule has 0 heterocycles. The molecule has 1 atom stereocenters. The zero-order valence-corrected chi connectivity index (χ0v) is 11.6. The highest BCUT2D eigenvalue weighted by Gasteiger charge is 2.13. The van der Waals surface area contributed by atoms with Gasteiger partial charge in [0.15, 0.2) is 6.10 Å². The minimum atomic E-state index is -0.584. The van der Waals surface area contributed by atoms with Gasteiger partial charge in [0.2, 0.25) is 0 Å². The topological polar surface area (TPSA) is 50.7 Å². The van der Waals surface area contributed by atoms with Gasteiger partial charge in [-0.05, 0) is 45.0 Å². The lowest BCUT2D eigenvalue weighted by Crippen LogP contribution is -2.33. The van der Waals surface area contributed by atoms with Crippen molar-refractivity contribution < 1.29 is 9.53 Å². The van der Waals surface area contributed by atoms with Crippen LogP contribution in [0.3, 0.4) is 0 Å². The van der Waals surface area contributed by atoms with E-state index in [1.807, 2.05) is 12.1 Å². The number of ether oxygens (including phenoxy) is 1. The molecule has 0 aliphatic rings. The third-order valence-corrected chi connectivity index (χ3v) is 2.41. The van der Waals surface area contributed by atoms with E-state index >= 15 is 0 Å². The Morgan fingerprint density at radius 2 is 1.94 bits per heavy atom. The molecule has 0 bridgehead atoms. The van der Waals surface area contributed by atoms with Crippen molar-refractivity contribution in [3.63, 3.8) is 0 Å². The van der Waals surface area contributed by atoms with Gasteiger partial charge in [0.25, 0.3) is 5.91 Å². The van der Waals surface area contributed by atoms with E-state index in [0.29, 0.717) is 5.75 Å². The van der Waals surface area contributed by atoms with Crippen LogP contribution in [-0.4, -0.2) is 17.7 Å². The summed E-state index contributed by atoms with van der Waals surface area (Å²) in [5.74, 6) is 0.377. The van der Waals surface area contributed by atoms with Gasteiger partial charge in [-0.2, -0.15) is 5.10 Å². The van der Waals surface area contributed by atoms with Crippen LogP contribution in [-0.2, 0) is 4.79 Å². The summed E-state index contributed by atoms with van der Waals surface area (Å²) in [5, 5.41) is 3.83. The molecule has 1 amide bonds. The summed E-state index contributed by atoms with van der Waals surface area (Å²) in [6.07, 6.45) is -0.584. The average Bonchev–Trinajstić information content (AvgIpc) is 2.28. The summed E-state index contributed by atoms with van der Waals surface area (Å²) in [6, 6.07) is 7.30. The number of nitrogens with zero attached hydrogens (tertiary/aromatic N) is 1. The molecule has 0 aliphatic carbocycles. The van der Waals surface area contributed by atoms with E-state index in [9.17, 15) is 4.79 Å². The Balaban J connectivity index is 2.54. The number of benzene rings is 1. The highest BCUT2D eigenvalue weighted by Crippen LogP contribution is 2.17. The molecule has 0 fully saturated rings. The fourth-order valence-corrected chi connectivity index (χ4v) is 1.29. The number of amides is 1. The molecular weight excluding hydrogens is 284 g/mol. The van der Waals surface area contributed by atoms with Gasteiger partial charge in [-0.3, -0.25) is 4.79 Å². The Morgan fingerprint density at radius 3 is 2.47 bits per heavy atom. The second kappa shape index (κ2) is 6.39. The lowest BCUT2D eigenvalue weighted by atomic mass is 10.3. The molecule has 92 valence electrons. The number of hydrazone groups is 1. The number of nitrogens with one attached hydrogen (secondary N) is 1. The van der Waals surface area contributed by atoms with Crippen LogP contribution in [0.15, 0.2) is 33.8 Å². The number of carbonyl (C=O) groups excluding carboxylic acids is 1.